The van der Waals surface area contributed by atoms with Gasteiger partial charge in [0.2, 0.25) is 5.91 Å². The minimum absolute atomic E-state index is 0.0959. The molecule has 1 heterocycles. The largest absolute Gasteiger partial charge is 0.466 e. The standard InChI is InChI=1S/C17H24N2O5S/c1-3-24-15(20)12-13-5-4-6-14(11-13)19-16(21)17(25(2,22)23)7-9-18-10-8-17/h4-6,11,18H,3,7-10,12H2,1-2H3,(H,19,21). The molecular weight excluding hydrogens is 344 g/mol. The Morgan fingerprint density at radius 1 is 1.28 bits per heavy atom. The van der Waals surface area contributed by atoms with Crippen molar-refractivity contribution in [3.63, 3.8) is 0 Å². The van der Waals surface area contributed by atoms with E-state index in [1.165, 1.54) is 0 Å². The van der Waals surface area contributed by atoms with Crippen LogP contribution in [-0.4, -0.2) is 51.0 Å². The summed E-state index contributed by atoms with van der Waals surface area (Å²) in [4.78, 5) is 24.3. The van der Waals surface area contributed by atoms with E-state index in [0.717, 1.165) is 6.26 Å². The molecular formula is C17H24N2O5S. The summed E-state index contributed by atoms with van der Waals surface area (Å²) >= 11 is 0. The average molecular weight is 368 g/mol. The molecule has 7 nitrogen and oxygen atoms in total. The number of hydrogen-bond donors (Lipinski definition) is 2. The van der Waals surface area contributed by atoms with E-state index < -0.39 is 20.5 Å². The van der Waals surface area contributed by atoms with Gasteiger partial charge in [0.1, 0.15) is 0 Å². The van der Waals surface area contributed by atoms with Crippen molar-refractivity contribution in [1.82, 2.24) is 5.32 Å². The van der Waals surface area contributed by atoms with Gasteiger partial charge in [-0.2, -0.15) is 0 Å². The number of esters is 1. The van der Waals surface area contributed by atoms with Gasteiger partial charge in [-0.15, -0.1) is 0 Å². The van der Waals surface area contributed by atoms with Gasteiger partial charge in [-0.25, -0.2) is 8.42 Å². The molecule has 138 valence electrons. The molecule has 8 heteroatoms. The number of anilines is 1. The van der Waals surface area contributed by atoms with Crippen molar-refractivity contribution in [3.05, 3.63) is 29.8 Å². The summed E-state index contributed by atoms with van der Waals surface area (Å²) < 4.78 is 28.0. The van der Waals surface area contributed by atoms with Crippen LogP contribution in [0.15, 0.2) is 24.3 Å². The molecule has 1 amide bonds. The summed E-state index contributed by atoms with van der Waals surface area (Å²) in [5.41, 5.74) is 1.16. The van der Waals surface area contributed by atoms with Gasteiger partial charge in [0.25, 0.3) is 0 Å². The molecule has 0 unspecified atom stereocenters. The Kier molecular flexibility index (Phi) is 6.18. The van der Waals surface area contributed by atoms with Crippen LogP contribution in [0.1, 0.15) is 25.3 Å². The first-order chi connectivity index (χ1) is 11.8. The van der Waals surface area contributed by atoms with Gasteiger partial charge in [0.15, 0.2) is 14.6 Å². The highest BCUT2D eigenvalue weighted by Gasteiger charge is 2.48. The molecule has 1 saturated heterocycles. The van der Waals surface area contributed by atoms with Gasteiger partial charge >= 0.3 is 5.97 Å². The summed E-state index contributed by atoms with van der Waals surface area (Å²) in [5, 5.41) is 5.78. The van der Waals surface area contributed by atoms with Gasteiger partial charge in [0, 0.05) is 11.9 Å². The number of amides is 1. The molecule has 0 atom stereocenters. The molecule has 0 aromatic heterocycles. The predicted molar refractivity (Wildman–Crippen MR) is 95.1 cm³/mol. The Morgan fingerprint density at radius 2 is 1.96 bits per heavy atom. The molecule has 2 N–H and O–H groups in total. The zero-order valence-corrected chi connectivity index (χ0v) is 15.3. The zero-order chi connectivity index (χ0) is 18.5. The van der Waals surface area contributed by atoms with Crippen LogP contribution in [0, 0.1) is 0 Å². The summed E-state index contributed by atoms with van der Waals surface area (Å²) in [6.45, 7) is 2.99. The molecule has 1 fully saturated rings. The minimum atomic E-state index is -3.57. The van der Waals surface area contributed by atoms with Gasteiger partial charge in [-0.1, -0.05) is 12.1 Å². The zero-order valence-electron chi connectivity index (χ0n) is 14.5. The van der Waals surface area contributed by atoms with Crippen LogP contribution < -0.4 is 10.6 Å². The fourth-order valence-corrected chi connectivity index (χ4v) is 4.31. The van der Waals surface area contributed by atoms with E-state index >= 15 is 0 Å². The molecule has 1 aliphatic heterocycles. The minimum Gasteiger partial charge on any atom is -0.466 e. The van der Waals surface area contributed by atoms with Crippen molar-refractivity contribution in [2.75, 3.05) is 31.3 Å². The fourth-order valence-electron chi connectivity index (χ4n) is 2.98. The SMILES string of the molecule is CCOC(=O)Cc1cccc(NC(=O)C2(S(C)(=O)=O)CCNCC2)c1. The second-order valence-corrected chi connectivity index (χ2v) is 8.48. The Labute approximate surface area is 148 Å². The van der Waals surface area contributed by atoms with Crippen molar-refractivity contribution in [3.8, 4) is 0 Å². The van der Waals surface area contributed by atoms with Gasteiger partial charge < -0.3 is 15.4 Å². The van der Waals surface area contributed by atoms with E-state index in [0.29, 0.717) is 30.9 Å². The van der Waals surface area contributed by atoms with E-state index in [-0.39, 0.29) is 25.2 Å². The summed E-state index contributed by atoms with van der Waals surface area (Å²) in [5.74, 6) is -0.873. The summed E-state index contributed by atoms with van der Waals surface area (Å²) in [6.07, 6.45) is 1.67. The van der Waals surface area contributed by atoms with Crippen molar-refractivity contribution < 1.29 is 22.7 Å². The van der Waals surface area contributed by atoms with E-state index in [1.807, 2.05) is 0 Å². The third-order valence-electron chi connectivity index (χ3n) is 4.37. The first-order valence-corrected chi connectivity index (χ1v) is 10.1. The van der Waals surface area contributed by atoms with Gasteiger partial charge in [-0.05, 0) is 50.6 Å². The first-order valence-electron chi connectivity index (χ1n) is 8.25. The maximum atomic E-state index is 12.8. The lowest BCUT2D eigenvalue weighted by atomic mass is 9.95. The second kappa shape index (κ2) is 7.97. The molecule has 1 aliphatic rings. The summed E-state index contributed by atoms with van der Waals surface area (Å²) in [6, 6.07) is 6.79. The van der Waals surface area contributed by atoms with E-state index in [2.05, 4.69) is 10.6 Å². The van der Waals surface area contributed by atoms with Crippen molar-refractivity contribution in [1.29, 1.82) is 0 Å². The quantitative estimate of drug-likeness (QED) is 0.724. The van der Waals surface area contributed by atoms with Crippen LogP contribution in [0.25, 0.3) is 0 Å². The van der Waals surface area contributed by atoms with Crippen LogP contribution in [0.4, 0.5) is 5.69 Å². The van der Waals surface area contributed by atoms with Crippen molar-refractivity contribution in [2.24, 2.45) is 0 Å². The second-order valence-electron chi connectivity index (χ2n) is 6.15. The molecule has 1 aromatic rings. The van der Waals surface area contributed by atoms with Gasteiger partial charge in [-0.3, -0.25) is 9.59 Å². The third kappa shape index (κ3) is 4.58. The predicted octanol–water partition coefficient (Wildman–Crippen LogP) is 0.897. The number of benzene rings is 1. The van der Waals surface area contributed by atoms with Crippen LogP contribution in [0.5, 0.6) is 0 Å². The average Bonchev–Trinajstić information content (AvgIpc) is 2.55. The molecule has 0 saturated carbocycles. The van der Waals surface area contributed by atoms with E-state index in [4.69, 9.17) is 4.74 Å². The van der Waals surface area contributed by atoms with Crippen molar-refractivity contribution >= 4 is 27.4 Å². The Bertz CT molecular complexity index is 739. The molecule has 2 rings (SSSR count). The molecule has 0 spiro atoms. The number of ether oxygens (including phenoxy) is 1. The topological polar surface area (TPSA) is 102 Å². The van der Waals surface area contributed by atoms with Gasteiger partial charge in [0.05, 0.1) is 13.0 Å². The number of rotatable bonds is 6. The first kappa shape index (κ1) is 19.4. The third-order valence-corrected chi connectivity index (χ3v) is 6.39. The Balaban J connectivity index is 2.17. The highest BCUT2D eigenvalue weighted by molar-refractivity contribution is 7.92. The highest BCUT2D eigenvalue weighted by Crippen LogP contribution is 2.29. The molecule has 0 bridgehead atoms. The Hall–Kier alpha value is -1.93. The number of piperidine rings is 1. The number of hydrogen-bond acceptors (Lipinski definition) is 6. The lowest BCUT2D eigenvalue weighted by molar-refractivity contribution is -0.142. The number of nitrogens with one attached hydrogen (secondary N) is 2. The molecule has 0 aliphatic carbocycles. The molecule has 25 heavy (non-hydrogen) atoms. The number of sulfone groups is 1. The van der Waals surface area contributed by atoms with Crippen LogP contribution in [0.2, 0.25) is 0 Å². The maximum absolute atomic E-state index is 12.8. The number of carbonyl (C=O) groups excluding carboxylic acids is 2. The molecule has 1 aromatic carbocycles. The van der Waals surface area contributed by atoms with Crippen LogP contribution in [-0.2, 0) is 30.6 Å². The maximum Gasteiger partial charge on any atom is 0.310 e. The van der Waals surface area contributed by atoms with E-state index in [1.54, 1.807) is 31.2 Å². The monoisotopic (exact) mass is 368 g/mol. The summed E-state index contributed by atoms with van der Waals surface area (Å²) in [7, 11) is -3.57. The smallest absolute Gasteiger partial charge is 0.310 e. The van der Waals surface area contributed by atoms with Crippen molar-refractivity contribution in [2.45, 2.75) is 30.9 Å². The van der Waals surface area contributed by atoms with Crippen LogP contribution >= 0.6 is 0 Å². The Morgan fingerprint density at radius 3 is 2.56 bits per heavy atom. The lowest BCUT2D eigenvalue weighted by Gasteiger charge is -2.34. The van der Waals surface area contributed by atoms with Crippen LogP contribution in [0.3, 0.4) is 0 Å². The number of carbonyl (C=O) groups is 2. The normalized spacial score (nSPS) is 16.9. The fraction of sp³-hybridized carbons (Fsp3) is 0.529. The highest BCUT2D eigenvalue weighted by atomic mass is 32.2. The molecule has 0 radical (unpaired) electrons. The van der Waals surface area contributed by atoms with E-state index in [9.17, 15) is 18.0 Å². The lowest BCUT2D eigenvalue weighted by Crippen LogP contribution is -2.55.